The van der Waals surface area contributed by atoms with E-state index in [4.69, 9.17) is 0 Å². The molecule has 3 aliphatic rings. The molecular weight excluding hydrogens is 342 g/mol. The van der Waals surface area contributed by atoms with Gasteiger partial charge in [0, 0.05) is 54.3 Å². The molecule has 28 heavy (non-hydrogen) atoms. The van der Waals surface area contributed by atoms with Crippen LogP contribution < -0.4 is 4.57 Å². The molecule has 5 heterocycles. The summed E-state index contributed by atoms with van der Waals surface area (Å²) in [6, 6.07) is 24.4. The Morgan fingerprint density at radius 1 is 0.750 bits per heavy atom. The highest BCUT2D eigenvalue weighted by Crippen LogP contribution is 2.59. The van der Waals surface area contributed by atoms with E-state index in [0.717, 1.165) is 6.42 Å². The van der Waals surface area contributed by atoms with Crippen molar-refractivity contribution in [3.63, 3.8) is 0 Å². The third-order valence-electron chi connectivity index (χ3n) is 6.58. The minimum absolute atomic E-state index is 0.178. The maximum Gasteiger partial charge on any atom is 0.190 e. The molecule has 7 rings (SSSR count). The van der Waals surface area contributed by atoms with Gasteiger partial charge in [0.2, 0.25) is 0 Å². The SMILES string of the molecule is c1cncc(C2(c3cccnc3)CC3c4ccccc4C2c2cccc[n+]23)c1. The number of benzene rings is 1. The van der Waals surface area contributed by atoms with Gasteiger partial charge in [0.05, 0.1) is 5.92 Å². The molecular formula is C25H20N3+. The van der Waals surface area contributed by atoms with Crippen molar-refractivity contribution < 1.29 is 4.57 Å². The maximum atomic E-state index is 4.50. The topological polar surface area (TPSA) is 29.7 Å². The molecule has 0 fully saturated rings. The van der Waals surface area contributed by atoms with Crippen molar-refractivity contribution in [3.8, 4) is 0 Å². The molecule has 0 radical (unpaired) electrons. The molecule has 1 aliphatic carbocycles. The molecule has 1 aromatic carbocycles. The quantitative estimate of drug-likeness (QED) is 0.501. The lowest BCUT2D eigenvalue weighted by molar-refractivity contribution is -0.732. The fourth-order valence-corrected chi connectivity index (χ4v) is 5.52. The summed E-state index contributed by atoms with van der Waals surface area (Å²) in [5.74, 6) is 0.225. The smallest absolute Gasteiger partial charge is 0.190 e. The zero-order chi connectivity index (χ0) is 18.6. The number of hydrogen-bond donors (Lipinski definition) is 0. The van der Waals surface area contributed by atoms with Crippen LogP contribution >= 0.6 is 0 Å². The van der Waals surface area contributed by atoms with Crippen molar-refractivity contribution in [1.29, 1.82) is 0 Å². The third kappa shape index (κ3) is 1.96. The molecule has 0 N–H and O–H groups in total. The summed E-state index contributed by atoms with van der Waals surface area (Å²) in [4.78, 5) is 9.00. The van der Waals surface area contributed by atoms with Crippen LogP contribution in [0.3, 0.4) is 0 Å². The molecule has 134 valence electrons. The predicted octanol–water partition coefficient (Wildman–Crippen LogP) is 4.19. The molecule has 3 aromatic heterocycles. The molecule has 2 bridgehead atoms. The standard InChI is InChI=1S/C25H20N3/c1-2-10-21-20(9-1)23-15-25(18-7-5-12-26-16-18,19-8-6-13-27-17-19)24(21)22-11-3-4-14-28(22)23/h1-14,16-17,23-24H,15H2/q+1. The molecule has 2 unspecified atom stereocenters. The van der Waals surface area contributed by atoms with Gasteiger partial charge in [0.15, 0.2) is 17.9 Å². The molecule has 3 heteroatoms. The van der Waals surface area contributed by atoms with E-state index in [-0.39, 0.29) is 11.3 Å². The van der Waals surface area contributed by atoms with Crippen molar-refractivity contribution in [2.24, 2.45) is 0 Å². The lowest BCUT2D eigenvalue weighted by Gasteiger charge is -2.49. The lowest BCUT2D eigenvalue weighted by Crippen LogP contribution is -2.60. The minimum Gasteiger partial charge on any atom is -0.264 e. The lowest BCUT2D eigenvalue weighted by atomic mass is 9.54. The molecule has 3 nitrogen and oxygen atoms in total. The second-order valence-electron chi connectivity index (χ2n) is 7.77. The highest BCUT2D eigenvalue weighted by Gasteiger charge is 2.59. The zero-order valence-electron chi connectivity index (χ0n) is 15.4. The molecule has 2 atom stereocenters. The first-order chi connectivity index (χ1) is 13.9. The van der Waals surface area contributed by atoms with E-state index in [2.05, 4.69) is 87.5 Å². The van der Waals surface area contributed by atoms with Gasteiger partial charge in [-0.2, -0.15) is 4.57 Å². The number of nitrogens with zero attached hydrogens (tertiary/aromatic N) is 3. The second kappa shape index (κ2) is 5.83. The number of hydrogen-bond acceptors (Lipinski definition) is 2. The average Bonchev–Trinajstić information content (AvgIpc) is 2.80. The number of fused-ring (bicyclic) bond motifs is 1. The Labute approximate surface area is 164 Å². The first kappa shape index (κ1) is 15.7. The summed E-state index contributed by atoms with van der Waals surface area (Å²) in [5, 5.41) is 0. The fraction of sp³-hybridized carbons (Fsp3) is 0.160. The van der Waals surface area contributed by atoms with Crippen LogP contribution in [0.4, 0.5) is 0 Å². The molecule has 4 aromatic rings. The Kier molecular flexibility index (Phi) is 3.27. The fourth-order valence-electron chi connectivity index (χ4n) is 5.52. The maximum absolute atomic E-state index is 4.50. The normalized spacial score (nSPS) is 21.0. The summed E-state index contributed by atoms with van der Waals surface area (Å²) >= 11 is 0. The number of aromatic nitrogens is 3. The van der Waals surface area contributed by atoms with E-state index < -0.39 is 0 Å². The van der Waals surface area contributed by atoms with Crippen molar-refractivity contribution in [1.82, 2.24) is 9.97 Å². The minimum atomic E-state index is -0.178. The van der Waals surface area contributed by atoms with Gasteiger partial charge in [0.25, 0.3) is 0 Å². The first-order valence-corrected chi connectivity index (χ1v) is 9.79. The van der Waals surface area contributed by atoms with Crippen LogP contribution in [0, 0.1) is 0 Å². The highest BCUT2D eigenvalue weighted by molar-refractivity contribution is 5.53. The molecule has 2 aliphatic heterocycles. The van der Waals surface area contributed by atoms with E-state index >= 15 is 0 Å². The molecule has 0 spiro atoms. The molecule has 0 saturated heterocycles. The van der Waals surface area contributed by atoms with Gasteiger partial charge >= 0.3 is 0 Å². The summed E-state index contributed by atoms with van der Waals surface area (Å²) < 4.78 is 2.47. The van der Waals surface area contributed by atoms with Crippen LogP contribution in [0.1, 0.15) is 46.3 Å². The van der Waals surface area contributed by atoms with Crippen LogP contribution in [0.2, 0.25) is 0 Å². The van der Waals surface area contributed by atoms with Crippen LogP contribution in [-0.4, -0.2) is 9.97 Å². The Bertz CT molecular complexity index is 1070. The van der Waals surface area contributed by atoms with Crippen LogP contribution in [0.25, 0.3) is 0 Å². The summed E-state index contributed by atoms with van der Waals surface area (Å²) in [7, 11) is 0. The van der Waals surface area contributed by atoms with Gasteiger partial charge in [0.1, 0.15) is 0 Å². The monoisotopic (exact) mass is 362 g/mol. The van der Waals surface area contributed by atoms with E-state index in [1.807, 2.05) is 24.8 Å². The molecule has 0 amide bonds. The van der Waals surface area contributed by atoms with Gasteiger partial charge in [-0.3, -0.25) is 9.97 Å². The van der Waals surface area contributed by atoms with Gasteiger partial charge in [-0.25, -0.2) is 0 Å². The summed E-state index contributed by atoms with van der Waals surface area (Å²) in [5.41, 5.74) is 6.59. The van der Waals surface area contributed by atoms with E-state index in [1.54, 1.807) is 0 Å². The number of rotatable bonds is 2. The van der Waals surface area contributed by atoms with Crippen molar-refractivity contribution in [3.05, 3.63) is 126 Å². The second-order valence-corrected chi connectivity index (χ2v) is 7.77. The third-order valence-corrected chi connectivity index (χ3v) is 6.58. The Morgan fingerprint density at radius 2 is 1.43 bits per heavy atom. The van der Waals surface area contributed by atoms with E-state index in [0.29, 0.717) is 6.04 Å². The van der Waals surface area contributed by atoms with Gasteiger partial charge in [-0.05, 0) is 28.8 Å². The number of pyridine rings is 3. The van der Waals surface area contributed by atoms with Crippen LogP contribution in [-0.2, 0) is 5.41 Å². The Balaban J connectivity index is 1.73. The van der Waals surface area contributed by atoms with Crippen molar-refractivity contribution in [2.45, 2.75) is 23.8 Å². The van der Waals surface area contributed by atoms with Gasteiger partial charge in [-0.1, -0.05) is 42.5 Å². The Morgan fingerprint density at radius 3 is 2.11 bits per heavy atom. The highest BCUT2D eigenvalue weighted by atomic mass is 15.0. The van der Waals surface area contributed by atoms with E-state index in [9.17, 15) is 0 Å². The molecule has 0 saturated carbocycles. The largest absolute Gasteiger partial charge is 0.264 e. The Hall–Kier alpha value is -3.33. The van der Waals surface area contributed by atoms with Gasteiger partial charge < -0.3 is 0 Å². The first-order valence-electron chi connectivity index (χ1n) is 9.79. The average molecular weight is 362 g/mol. The van der Waals surface area contributed by atoms with Gasteiger partial charge in [-0.15, -0.1) is 0 Å². The predicted molar refractivity (Wildman–Crippen MR) is 107 cm³/mol. The summed E-state index contributed by atoms with van der Waals surface area (Å²) in [6.07, 6.45) is 11.1. The van der Waals surface area contributed by atoms with Crippen molar-refractivity contribution in [2.75, 3.05) is 0 Å². The van der Waals surface area contributed by atoms with Crippen LogP contribution in [0.15, 0.2) is 97.7 Å². The van der Waals surface area contributed by atoms with E-state index in [1.165, 1.54) is 27.9 Å². The zero-order valence-corrected chi connectivity index (χ0v) is 15.4. The summed E-state index contributed by atoms with van der Waals surface area (Å²) in [6.45, 7) is 0. The van der Waals surface area contributed by atoms with Crippen molar-refractivity contribution >= 4 is 0 Å². The van der Waals surface area contributed by atoms with Crippen LogP contribution in [0.5, 0.6) is 0 Å².